The summed E-state index contributed by atoms with van der Waals surface area (Å²) in [5.41, 5.74) is 1.31. The third-order valence-electron chi connectivity index (χ3n) is 2.59. The van der Waals surface area contributed by atoms with Gasteiger partial charge in [0.1, 0.15) is 0 Å². The summed E-state index contributed by atoms with van der Waals surface area (Å²) in [5.74, 6) is 0.176. The smallest absolute Gasteiger partial charge is 0.220 e. The molecule has 94 valence electrons. The number of aryl methyl sites for hydroxylation is 1. The van der Waals surface area contributed by atoms with Crippen LogP contribution in [0, 0.1) is 0 Å². The molecule has 2 nitrogen and oxygen atoms in total. The van der Waals surface area contributed by atoms with Crippen LogP contribution in [-0.4, -0.2) is 17.8 Å². The maximum atomic E-state index is 11.5. The minimum atomic E-state index is 0.176. The van der Waals surface area contributed by atoms with E-state index in [0.29, 0.717) is 6.42 Å². The Hall–Kier alpha value is -0.830. The molecule has 0 radical (unpaired) electrons. The first kappa shape index (κ1) is 14.2. The molecule has 0 heterocycles. The second-order valence-corrected chi connectivity index (χ2v) is 4.88. The highest BCUT2D eigenvalue weighted by molar-refractivity contribution is 9.09. The van der Waals surface area contributed by atoms with Gasteiger partial charge in [0, 0.05) is 18.3 Å². The van der Waals surface area contributed by atoms with Crippen molar-refractivity contribution in [2.75, 3.05) is 11.9 Å². The number of carbonyl (C=O) groups is 1. The van der Waals surface area contributed by atoms with E-state index in [1.165, 1.54) is 5.56 Å². The summed E-state index contributed by atoms with van der Waals surface area (Å²) in [4.78, 5) is 11.5. The predicted octanol–water partition coefficient (Wildman–Crippen LogP) is 3.30. The van der Waals surface area contributed by atoms with Crippen molar-refractivity contribution in [3.63, 3.8) is 0 Å². The number of hydrogen-bond acceptors (Lipinski definition) is 1. The molecule has 0 aromatic heterocycles. The van der Waals surface area contributed by atoms with Gasteiger partial charge in [-0.1, -0.05) is 46.3 Å². The lowest BCUT2D eigenvalue weighted by Gasteiger charge is -2.04. The van der Waals surface area contributed by atoms with Crippen molar-refractivity contribution in [3.05, 3.63) is 35.9 Å². The number of amides is 1. The van der Waals surface area contributed by atoms with Crippen LogP contribution >= 0.6 is 15.9 Å². The van der Waals surface area contributed by atoms with Gasteiger partial charge < -0.3 is 5.32 Å². The summed E-state index contributed by atoms with van der Waals surface area (Å²) in [6.07, 6.45) is 4.70. The normalized spacial score (nSPS) is 10.2. The molecule has 1 aromatic carbocycles. The molecule has 0 aliphatic carbocycles. The molecule has 0 aliphatic heterocycles. The van der Waals surface area contributed by atoms with Gasteiger partial charge in [-0.2, -0.15) is 0 Å². The van der Waals surface area contributed by atoms with Gasteiger partial charge in [0.05, 0.1) is 0 Å². The van der Waals surface area contributed by atoms with Crippen molar-refractivity contribution in [1.82, 2.24) is 5.32 Å². The minimum Gasteiger partial charge on any atom is -0.356 e. The second-order valence-electron chi connectivity index (χ2n) is 4.09. The van der Waals surface area contributed by atoms with Crippen LogP contribution in [-0.2, 0) is 11.2 Å². The van der Waals surface area contributed by atoms with E-state index < -0.39 is 0 Å². The van der Waals surface area contributed by atoms with Crippen LogP contribution in [0.5, 0.6) is 0 Å². The second kappa shape index (κ2) is 9.23. The molecular formula is C14H20BrNO. The SMILES string of the molecule is O=C(CCCc1ccccc1)NCCCCBr. The molecule has 0 bridgehead atoms. The van der Waals surface area contributed by atoms with E-state index >= 15 is 0 Å². The lowest BCUT2D eigenvalue weighted by atomic mass is 10.1. The molecular weight excluding hydrogens is 278 g/mol. The summed E-state index contributed by atoms with van der Waals surface area (Å²) in [7, 11) is 0. The Kier molecular flexibility index (Phi) is 7.72. The molecule has 0 saturated heterocycles. The van der Waals surface area contributed by atoms with Gasteiger partial charge in [-0.05, 0) is 31.2 Å². The number of nitrogens with one attached hydrogen (secondary N) is 1. The molecule has 3 heteroatoms. The van der Waals surface area contributed by atoms with E-state index in [0.717, 1.165) is 37.6 Å². The van der Waals surface area contributed by atoms with Crippen LogP contribution < -0.4 is 5.32 Å². The highest BCUT2D eigenvalue weighted by atomic mass is 79.9. The zero-order valence-electron chi connectivity index (χ0n) is 10.1. The van der Waals surface area contributed by atoms with E-state index in [1.54, 1.807) is 0 Å². The van der Waals surface area contributed by atoms with E-state index in [1.807, 2.05) is 18.2 Å². The van der Waals surface area contributed by atoms with Gasteiger partial charge in [-0.25, -0.2) is 0 Å². The number of hydrogen-bond donors (Lipinski definition) is 1. The molecule has 0 aliphatic rings. The molecule has 0 spiro atoms. The third kappa shape index (κ3) is 7.16. The first-order valence-electron chi connectivity index (χ1n) is 6.19. The Bertz CT molecular complexity index is 313. The summed E-state index contributed by atoms with van der Waals surface area (Å²) in [6.45, 7) is 0.801. The van der Waals surface area contributed by atoms with Crippen molar-refractivity contribution in [3.8, 4) is 0 Å². The maximum Gasteiger partial charge on any atom is 0.220 e. The highest BCUT2D eigenvalue weighted by Gasteiger charge is 2.00. The number of alkyl halides is 1. The van der Waals surface area contributed by atoms with E-state index in [9.17, 15) is 4.79 Å². The Morgan fingerprint density at radius 1 is 1.12 bits per heavy atom. The molecule has 1 aromatic rings. The molecule has 1 amide bonds. The van der Waals surface area contributed by atoms with Gasteiger partial charge in [0.2, 0.25) is 5.91 Å². The van der Waals surface area contributed by atoms with E-state index in [4.69, 9.17) is 0 Å². The van der Waals surface area contributed by atoms with Crippen molar-refractivity contribution in [1.29, 1.82) is 0 Å². The quantitative estimate of drug-likeness (QED) is 0.579. The fraction of sp³-hybridized carbons (Fsp3) is 0.500. The number of carbonyl (C=O) groups excluding carboxylic acids is 1. The summed E-state index contributed by atoms with van der Waals surface area (Å²) in [6, 6.07) is 10.3. The van der Waals surface area contributed by atoms with Crippen LogP contribution in [0.3, 0.4) is 0 Å². The van der Waals surface area contributed by atoms with Gasteiger partial charge in [0.25, 0.3) is 0 Å². The molecule has 0 unspecified atom stereocenters. The maximum absolute atomic E-state index is 11.5. The van der Waals surface area contributed by atoms with E-state index in [2.05, 4.69) is 33.4 Å². The minimum absolute atomic E-state index is 0.176. The molecule has 1 rings (SSSR count). The fourth-order valence-corrected chi connectivity index (χ4v) is 2.03. The van der Waals surface area contributed by atoms with Gasteiger partial charge in [-0.15, -0.1) is 0 Å². The zero-order chi connectivity index (χ0) is 12.3. The number of benzene rings is 1. The zero-order valence-corrected chi connectivity index (χ0v) is 11.7. The number of halogens is 1. The van der Waals surface area contributed by atoms with Crippen molar-refractivity contribution in [2.45, 2.75) is 32.1 Å². The highest BCUT2D eigenvalue weighted by Crippen LogP contribution is 2.04. The Morgan fingerprint density at radius 3 is 2.59 bits per heavy atom. The van der Waals surface area contributed by atoms with Gasteiger partial charge in [-0.3, -0.25) is 4.79 Å². The topological polar surface area (TPSA) is 29.1 Å². The third-order valence-corrected chi connectivity index (χ3v) is 3.16. The lowest BCUT2D eigenvalue weighted by molar-refractivity contribution is -0.121. The van der Waals surface area contributed by atoms with Crippen molar-refractivity contribution in [2.24, 2.45) is 0 Å². The fourth-order valence-electron chi connectivity index (χ4n) is 1.63. The van der Waals surface area contributed by atoms with Crippen LogP contribution in [0.25, 0.3) is 0 Å². The molecule has 1 N–H and O–H groups in total. The Morgan fingerprint density at radius 2 is 1.88 bits per heavy atom. The number of unbranched alkanes of at least 4 members (excludes halogenated alkanes) is 1. The molecule has 0 fully saturated rings. The van der Waals surface area contributed by atoms with Crippen LogP contribution in [0.15, 0.2) is 30.3 Å². The van der Waals surface area contributed by atoms with Gasteiger partial charge in [0.15, 0.2) is 0 Å². The average molecular weight is 298 g/mol. The van der Waals surface area contributed by atoms with Crippen molar-refractivity contribution >= 4 is 21.8 Å². The summed E-state index contributed by atoms with van der Waals surface area (Å²) < 4.78 is 0. The Balaban J connectivity index is 2.04. The largest absolute Gasteiger partial charge is 0.356 e. The summed E-state index contributed by atoms with van der Waals surface area (Å²) >= 11 is 3.37. The monoisotopic (exact) mass is 297 g/mol. The van der Waals surface area contributed by atoms with Gasteiger partial charge >= 0.3 is 0 Å². The van der Waals surface area contributed by atoms with Crippen LogP contribution in [0.4, 0.5) is 0 Å². The molecule has 17 heavy (non-hydrogen) atoms. The summed E-state index contributed by atoms with van der Waals surface area (Å²) in [5, 5.41) is 3.95. The predicted molar refractivity (Wildman–Crippen MR) is 75.4 cm³/mol. The lowest BCUT2D eigenvalue weighted by Crippen LogP contribution is -2.24. The number of rotatable bonds is 8. The Labute approximate surface area is 112 Å². The average Bonchev–Trinajstić information content (AvgIpc) is 2.36. The molecule has 0 atom stereocenters. The first-order valence-corrected chi connectivity index (χ1v) is 7.31. The van der Waals surface area contributed by atoms with Crippen LogP contribution in [0.1, 0.15) is 31.2 Å². The van der Waals surface area contributed by atoms with Crippen molar-refractivity contribution < 1.29 is 4.79 Å². The standard InChI is InChI=1S/C14H20BrNO/c15-11-4-5-12-16-14(17)10-6-9-13-7-2-1-3-8-13/h1-3,7-8H,4-6,9-12H2,(H,16,17). The molecule has 0 saturated carbocycles. The first-order chi connectivity index (χ1) is 8.33. The van der Waals surface area contributed by atoms with Crippen LogP contribution in [0.2, 0.25) is 0 Å². The van der Waals surface area contributed by atoms with E-state index in [-0.39, 0.29) is 5.91 Å².